The summed E-state index contributed by atoms with van der Waals surface area (Å²) in [6.45, 7) is 1.81. The molecule has 0 fully saturated rings. The molecule has 0 radical (unpaired) electrons. The SMILES string of the molecule is CCC(CNC(=O)Nc1cc(F)cc(F)c1F)CC(=O)O. The summed E-state index contributed by atoms with van der Waals surface area (Å²) in [5.41, 5.74) is -0.628. The Hall–Kier alpha value is -2.25. The fourth-order valence-corrected chi connectivity index (χ4v) is 1.66. The smallest absolute Gasteiger partial charge is 0.319 e. The first kappa shape index (κ1) is 16.8. The zero-order valence-electron chi connectivity index (χ0n) is 11.3. The van der Waals surface area contributed by atoms with Gasteiger partial charge in [-0.05, 0) is 5.92 Å². The van der Waals surface area contributed by atoms with Crippen LogP contribution < -0.4 is 10.6 Å². The lowest BCUT2D eigenvalue weighted by Crippen LogP contribution is -2.34. The van der Waals surface area contributed by atoms with E-state index in [0.29, 0.717) is 18.6 Å². The first-order valence-corrected chi connectivity index (χ1v) is 6.24. The van der Waals surface area contributed by atoms with Crippen LogP contribution in [0.2, 0.25) is 0 Å². The number of hydrogen-bond acceptors (Lipinski definition) is 2. The molecule has 116 valence electrons. The van der Waals surface area contributed by atoms with Crippen LogP contribution in [-0.4, -0.2) is 23.7 Å². The van der Waals surface area contributed by atoms with Gasteiger partial charge in [-0.15, -0.1) is 0 Å². The lowest BCUT2D eigenvalue weighted by atomic mass is 10.0. The summed E-state index contributed by atoms with van der Waals surface area (Å²) >= 11 is 0. The Kier molecular flexibility index (Phi) is 6.01. The standard InChI is InChI=1S/C13H15F3N2O3/c1-2-7(3-11(19)20)6-17-13(21)18-10-5-8(14)4-9(15)12(10)16/h4-5,7H,2-3,6H2,1H3,(H,19,20)(H2,17,18,21). The number of carboxylic acid groups (broad SMARTS) is 1. The van der Waals surface area contributed by atoms with Crippen LogP contribution in [0.1, 0.15) is 19.8 Å². The molecule has 3 N–H and O–H groups in total. The second-order valence-corrected chi connectivity index (χ2v) is 4.46. The highest BCUT2D eigenvalue weighted by molar-refractivity contribution is 5.89. The summed E-state index contributed by atoms with van der Waals surface area (Å²) in [6, 6.07) is 0.132. The Bertz CT molecular complexity index is 538. The van der Waals surface area contributed by atoms with Crippen molar-refractivity contribution in [3.8, 4) is 0 Å². The second kappa shape index (κ2) is 7.51. The molecule has 0 heterocycles. The average molecular weight is 304 g/mol. The highest BCUT2D eigenvalue weighted by Crippen LogP contribution is 2.19. The Morgan fingerprint density at radius 2 is 1.95 bits per heavy atom. The van der Waals surface area contributed by atoms with Crippen molar-refractivity contribution in [3.63, 3.8) is 0 Å². The molecular weight excluding hydrogens is 289 g/mol. The molecule has 21 heavy (non-hydrogen) atoms. The molecule has 0 spiro atoms. The summed E-state index contributed by atoms with van der Waals surface area (Å²) in [4.78, 5) is 22.1. The zero-order chi connectivity index (χ0) is 16.0. The number of nitrogens with one attached hydrogen (secondary N) is 2. The topological polar surface area (TPSA) is 78.4 Å². The van der Waals surface area contributed by atoms with E-state index in [4.69, 9.17) is 5.11 Å². The van der Waals surface area contributed by atoms with Crippen LogP contribution in [0.4, 0.5) is 23.7 Å². The number of anilines is 1. The van der Waals surface area contributed by atoms with E-state index in [1.54, 1.807) is 6.92 Å². The lowest BCUT2D eigenvalue weighted by molar-refractivity contribution is -0.138. The number of hydrogen-bond donors (Lipinski definition) is 3. The fraction of sp³-hybridized carbons (Fsp3) is 0.385. The quantitative estimate of drug-likeness (QED) is 0.707. The molecule has 0 aromatic heterocycles. The van der Waals surface area contributed by atoms with Gasteiger partial charge in [-0.3, -0.25) is 4.79 Å². The third-order valence-electron chi connectivity index (χ3n) is 2.83. The minimum Gasteiger partial charge on any atom is -0.481 e. The molecule has 5 nitrogen and oxygen atoms in total. The number of carboxylic acids is 1. The molecular formula is C13H15F3N2O3. The first-order valence-electron chi connectivity index (χ1n) is 6.24. The molecule has 2 amide bonds. The van der Waals surface area contributed by atoms with Gasteiger partial charge in [-0.1, -0.05) is 13.3 Å². The Morgan fingerprint density at radius 3 is 2.52 bits per heavy atom. The van der Waals surface area contributed by atoms with Gasteiger partial charge in [0.25, 0.3) is 0 Å². The summed E-state index contributed by atoms with van der Waals surface area (Å²) in [5.74, 6) is -5.10. The third-order valence-corrected chi connectivity index (χ3v) is 2.83. The molecule has 0 saturated heterocycles. The van der Waals surface area contributed by atoms with Crippen LogP contribution in [0.25, 0.3) is 0 Å². The van der Waals surface area contributed by atoms with Crippen LogP contribution in [0.15, 0.2) is 12.1 Å². The summed E-state index contributed by atoms with van der Waals surface area (Å²) in [5, 5.41) is 13.0. The van der Waals surface area contributed by atoms with E-state index < -0.39 is 35.1 Å². The van der Waals surface area contributed by atoms with Gasteiger partial charge >= 0.3 is 12.0 Å². The number of amides is 2. The number of rotatable bonds is 6. The van der Waals surface area contributed by atoms with Gasteiger partial charge in [0.2, 0.25) is 0 Å². The van der Waals surface area contributed by atoms with E-state index >= 15 is 0 Å². The molecule has 1 atom stereocenters. The highest BCUT2D eigenvalue weighted by Gasteiger charge is 2.15. The predicted octanol–water partition coefficient (Wildman–Crippen LogP) is 2.73. The Balaban J connectivity index is 2.60. The van der Waals surface area contributed by atoms with Gasteiger partial charge in [-0.25, -0.2) is 18.0 Å². The number of carbonyl (C=O) groups is 2. The van der Waals surface area contributed by atoms with E-state index in [-0.39, 0.29) is 18.9 Å². The maximum absolute atomic E-state index is 13.3. The highest BCUT2D eigenvalue weighted by atomic mass is 19.2. The van der Waals surface area contributed by atoms with Crippen molar-refractivity contribution in [1.82, 2.24) is 5.32 Å². The molecule has 0 aliphatic heterocycles. The third kappa shape index (κ3) is 5.33. The summed E-state index contributed by atoms with van der Waals surface area (Å²) in [6.07, 6.45) is 0.398. The van der Waals surface area contributed by atoms with Crippen LogP contribution in [0.3, 0.4) is 0 Å². The molecule has 0 aliphatic carbocycles. The number of aliphatic carboxylic acids is 1. The van der Waals surface area contributed by atoms with E-state index in [0.717, 1.165) is 0 Å². The first-order chi connectivity index (χ1) is 9.83. The van der Waals surface area contributed by atoms with Gasteiger partial charge in [-0.2, -0.15) is 0 Å². The summed E-state index contributed by atoms with van der Waals surface area (Å²) < 4.78 is 39.2. The molecule has 0 aliphatic rings. The number of urea groups is 1. The van der Waals surface area contributed by atoms with Crippen molar-refractivity contribution in [2.45, 2.75) is 19.8 Å². The molecule has 1 aromatic rings. The molecule has 0 saturated carbocycles. The predicted molar refractivity (Wildman–Crippen MR) is 69.4 cm³/mol. The fourth-order valence-electron chi connectivity index (χ4n) is 1.66. The maximum Gasteiger partial charge on any atom is 0.319 e. The van der Waals surface area contributed by atoms with Crippen LogP contribution >= 0.6 is 0 Å². The van der Waals surface area contributed by atoms with Gasteiger partial charge in [0.1, 0.15) is 5.82 Å². The minimum absolute atomic E-state index is 0.0497. The zero-order valence-corrected chi connectivity index (χ0v) is 11.3. The van der Waals surface area contributed by atoms with Crippen LogP contribution in [0, 0.1) is 23.4 Å². The monoisotopic (exact) mass is 304 g/mol. The molecule has 0 bridgehead atoms. The average Bonchev–Trinajstić information content (AvgIpc) is 2.39. The van der Waals surface area contributed by atoms with Gasteiger partial charge < -0.3 is 15.7 Å². The Morgan fingerprint density at radius 1 is 1.29 bits per heavy atom. The lowest BCUT2D eigenvalue weighted by Gasteiger charge is -2.14. The van der Waals surface area contributed by atoms with Gasteiger partial charge in [0, 0.05) is 25.1 Å². The Labute approximate surface area is 119 Å². The summed E-state index contributed by atoms with van der Waals surface area (Å²) in [7, 11) is 0. The molecule has 1 rings (SSSR count). The molecule has 1 unspecified atom stereocenters. The number of carbonyl (C=O) groups excluding carboxylic acids is 1. The van der Waals surface area contributed by atoms with Crippen molar-refractivity contribution in [2.75, 3.05) is 11.9 Å². The van der Waals surface area contributed by atoms with E-state index in [1.807, 2.05) is 5.32 Å². The minimum atomic E-state index is -1.41. The normalized spacial score (nSPS) is 11.8. The van der Waals surface area contributed by atoms with Crippen molar-refractivity contribution >= 4 is 17.7 Å². The number of benzene rings is 1. The van der Waals surface area contributed by atoms with Crippen molar-refractivity contribution < 1.29 is 27.9 Å². The number of halogens is 3. The van der Waals surface area contributed by atoms with E-state index in [1.165, 1.54) is 0 Å². The van der Waals surface area contributed by atoms with Crippen LogP contribution in [-0.2, 0) is 4.79 Å². The largest absolute Gasteiger partial charge is 0.481 e. The van der Waals surface area contributed by atoms with Gasteiger partial charge in [0.05, 0.1) is 5.69 Å². The van der Waals surface area contributed by atoms with Crippen molar-refractivity contribution in [1.29, 1.82) is 0 Å². The molecule has 8 heteroatoms. The second-order valence-electron chi connectivity index (χ2n) is 4.46. The van der Waals surface area contributed by atoms with E-state index in [9.17, 15) is 22.8 Å². The maximum atomic E-state index is 13.3. The van der Waals surface area contributed by atoms with Crippen molar-refractivity contribution in [2.24, 2.45) is 5.92 Å². The van der Waals surface area contributed by atoms with Gasteiger partial charge in [0.15, 0.2) is 11.6 Å². The van der Waals surface area contributed by atoms with Crippen molar-refractivity contribution in [3.05, 3.63) is 29.6 Å². The van der Waals surface area contributed by atoms with E-state index in [2.05, 4.69) is 5.32 Å². The van der Waals surface area contributed by atoms with Crippen LogP contribution in [0.5, 0.6) is 0 Å². The molecule has 1 aromatic carbocycles.